The summed E-state index contributed by atoms with van der Waals surface area (Å²) in [6.45, 7) is 0. The van der Waals surface area contributed by atoms with Crippen molar-refractivity contribution < 1.29 is 18.0 Å². The second-order valence-electron chi connectivity index (χ2n) is 5.37. The summed E-state index contributed by atoms with van der Waals surface area (Å²) >= 11 is 0. The van der Waals surface area contributed by atoms with Crippen LogP contribution in [0.15, 0.2) is 42.5 Å². The summed E-state index contributed by atoms with van der Waals surface area (Å²) in [5.74, 6) is -0.311. The molecule has 0 radical (unpaired) electrons. The lowest BCUT2D eigenvalue weighted by Crippen LogP contribution is -2.12. The number of amides is 1. The fourth-order valence-electron chi connectivity index (χ4n) is 2.66. The highest BCUT2D eigenvalue weighted by Crippen LogP contribution is 2.30. The van der Waals surface area contributed by atoms with Gasteiger partial charge in [0.1, 0.15) is 0 Å². The van der Waals surface area contributed by atoms with Gasteiger partial charge in [0.2, 0.25) is 0 Å². The van der Waals surface area contributed by atoms with Crippen LogP contribution in [0.25, 0.3) is 0 Å². The number of rotatable bonds is 2. The first kappa shape index (κ1) is 14.6. The van der Waals surface area contributed by atoms with E-state index in [1.54, 1.807) is 6.07 Å². The Hall–Kier alpha value is -2.30. The number of benzene rings is 2. The highest BCUT2D eigenvalue weighted by atomic mass is 19.4. The predicted octanol–water partition coefficient (Wildman–Crippen LogP) is 4.45. The van der Waals surface area contributed by atoms with E-state index in [-0.39, 0.29) is 5.91 Å². The van der Waals surface area contributed by atoms with Crippen LogP contribution < -0.4 is 5.32 Å². The third-order valence-corrected chi connectivity index (χ3v) is 3.83. The Bertz CT molecular complexity index is 705. The lowest BCUT2D eigenvalue weighted by Gasteiger charge is -2.09. The van der Waals surface area contributed by atoms with Crippen molar-refractivity contribution in [3.05, 3.63) is 64.7 Å². The van der Waals surface area contributed by atoms with Gasteiger partial charge in [-0.1, -0.05) is 6.07 Å². The molecule has 22 heavy (non-hydrogen) atoms. The monoisotopic (exact) mass is 305 g/mol. The molecular weight excluding hydrogens is 291 g/mol. The summed E-state index contributed by atoms with van der Waals surface area (Å²) in [5.41, 5.74) is 2.59. The Morgan fingerprint density at radius 3 is 2.32 bits per heavy atom. The van der Waals surface area contributed by atoms with Crippen molar-refractivity contribution in [1.29, 1.82) is 0 Å². The maximum absolute atomic E-state index is 12.5. The molecule has 0 bridgehead atoms. The average molecular weight is 305 g/mol. The third kappa shape index (κ3) is 2.98. The summed E-state index contributed by atoms with van der Waals surface area (Å²) in [4.78, 5) is 12.2. The van der Waals surface area contributed by atoms with Crippen molar-refractivity contribution in [1.82, 2.24) is 0 Å². The van der Waals surface area contributed by atoms with Gasteiger partial charge in [-0.15, -0.1) is 0 Å². The molecule has 1 aliphatic carbocycles. The molecule has 1 N–H and O–H groups in total. The van der Waals surface area contributed by atoms with E-state index in [0.717, 1.165) is 31.4 Å². The number of carbonyl (C=O) groups is 1. The number of aryl methyl sites for hydroxylation is 2. The Morgan fingerprint density at radius 1 is 0.955 bits per heavy atom. The standard InChI is InChI=1S/C17H14F3NO/c18-17(19,20)14-6-8-15(9-7-14)21-16(22)13-5-4-11-2-1-3-12(11)10-13/h4-10H,1-3H2,(H,21,22). The number of hydrogen-bond donors (Lipinski definition) is 1. The van der Waals surface area contributed by atoms with Crippen LogP contribution in [-0.2, 0) is 19.0 Å². The second-order valence-corrected chi connectivity index (χ2v) is 5.37. The number of fused-ring (bicyclic) bond motifs is 1. The fourth-order valence-corrected chi connectivity index (χ4v) is 2.66. The maximum atomic E-state index is 12.5. The number of halogens is 3. The van der Waals surface area contributed by atoms with Crippen LogP contribution in [0, 0.1) is 0 Å². The van der Waals surface area contributed by atoms with Crippen molar-refractivity contribution in [3.63, 3.8) is 0 Å². The van der Waals surface area contributed by atoms with Crippen LogP contribution in [0.4, 0.5) is 18.9 Å². The van der Waals surface area contributed by atoms with Gasteiger partial charge < -0.3 is 5.32 Å². The molecule has 5 heteroatoms. The van der Waals surface area contributed by atoms with Gasteiger partial charge in [-0.05, 0) is 66.8 Å². The van der Waals surface area contributed by atoms with Gasteiger partial charge in [0.05, 0.1) is 5.56 Å². The van der Waals surface area contributed by atoms with Crippen molar-refractivity contribution in [3.8, 4) is 0 Å². The number of alkyl halides is 3. The number of hydrogen-bond acceptors (Lipinski definition) is 1. The topological polar surface area (TPSA) is 29.1 Å². The van der Waals surface area contributed by atoms with E-state index in [9.17, 15) is 18.0 Å². The number of anilines is 1. The highest BCUT2D eigenvalue weighted by Gasteiger charge is 2.30. The maximum Gasteiger partial charge on any atom is 0.416 e. The summed E-state index contributed by atoms with van der Waals surface area (Å²) in [5, 5.41) is 2.62. The highest BCUT2D eigenvalue weighted by molar-refractivity contribution is 6.04. The molecule has 1 amide bonds. The van der Waals surface area contributed by atoms with E-state index in [0.29, 0.717) is 11.3 Å². The first-order chi connectivity index (χ1) is 10.4. The lowest BCUT2D eigenvalue weighted by molar-refractivity contribution is -0.137. The Kier molecular flexibility index (Phi) is 3.64. The molecule has 1 aliphatic rings. The first-order valence-electron chi connectivity index (χ1n) is 7.04. The van der Waals surface area contributed by atoms with Crippen molar-refractivity contribution in [2.24, 2.45) is 0 Å². The molecule has 2 nitrogen and oxygen atoms in total. The third-order valence-electron chi connectivity index (χ3n) is 3.83. The molecule has 0 spiro atoms. The van der Waals surface area contributed by atoms with Gasteiger partial charge >= 0.3 is 6.18 Å². The Morgan fingerprint density at radius 2 is 1.64 bits per heavy atom. The SMILES string of the molecule is O=C(Nc1ccc(C(F)(F)F)cc1)c1ccc2c(c1)CCC2. The van der Waals surface area contributed by atoms with Crippen LogP contribution in [0.5, 0.6) is 0 Å². The second kappa shape index (κ2) is 5.48. The van der Waals surface area contributed by atoms with Crippen molar-refractivity contribution in [2.45, 2.75) is 25.4 Å². The van der Waals surface area contributed by atoms with E-state index < -0.39 is 11.7 Å². The number of carbonyl (C=O) groups excluding carboxylic acids is 1. The van der Waals surface area contributed by atoms with Gasteiger partial charge in [-0.2, -0.15) is 13.2 Å². The van der Waals surface area contributed by atoms with E-state index in [1.165, 1.54) is 23.3 Å². The van der Waals surface area contributed by atoms with Crippen LogP contribution in [0.3, 0.4) is 0 Å². The van der Waals surface area contributed by atoms with Gasteiger partial charge in [0.25, 0.3) is 5.91 Å². The van der Waals surface area contributed by atoms with Crippen LogP contribution in [0.2, 0.25) is 0 Å². The fraction of sp³-hybridized carbons (Fsp3) is 0.235. The molecule has 3 rings (SSSR count). The minimum absolute atomic E-state index is 0.311. The normalized spacial score (nSPS) is 13.8. The summed E-state index contributed by atoms with van der Waals surface area (Å²) in [6.07, 6.45) is -1.27. The molecule has 0 saturated carbocycles. The van der Waals surface area contributed by atoms with E-state index in [1.807, 2.05) is 12.1 Å². The molecule has 2 aromatic carbocycles. The van der Waals surface area contributed by atoms with Gasteiger partial charge in [-0.25, -0.2) is 0 Å². The zero-order valence-corrected chi connectivity index (χ0v) is 11.7. The quantitative estimate of drug-likeness (QED) is 0.873. The predicted molar refractivity (Wildman–Crippen MR) is 77.9 cm³/mol. The lowest BCUT2D eigenvalue weighted by atomic mass is 10.1. The largest absolute Gasteiger partial charge is 0.416 e. The molecule has 2 aromatic rings. The van der Waals surface area contributed by atoms with Gasteiger partial charge in [-0.3, -0.25) is 4.79 Å². The first-order valence-corrected chi connectivity index (χ1v) is 7.04. The molecule has 0 unspecified atom stereocenters. The summed E-state index contributed by atoms with van der Waals surface area (Å²) < 4.78 is 37.5. The van der Waals surface area contributed by atoms with Crippen LogP contribution in [-0.4, -0.2) is 5.91 Å². The molecule has 0 atom stereocenters. The minimum Gasteiger partial charge on any atom is -0.322 e. The smallest absolute Gasteiger partial charge is 0.322 e. The summed E-state index contributed by atoms with van der Waals surface area (Å²) in [6, 6.07) is 9.99. The molecular formula is C17H14F3NO. The molecule has 0 heterocycles. The number of nitrogens with one attached hydrogen (secondary N) is 1. The van der Waals surface area contributed by atoms with Crippen molar-refractivity contribution in [2.75, 3.05) is 5.32 Å². The molecule has 0 saturated heterocycles. The zero-order valence-electron chi connectivity index (χ0n) is 11.7. The average Bonchev–Trinajstić information content (AvgIpc) is 2.94. The van der Waals surface area contributed by atoms with Gasteiger partial charge in [0.15, 0.2) is 0 Å². The minimum atomic E-state index is -4.37. The Labute approximate surface area is 126 Å². The molecule has 0 fully saturated rings. The zero-order chi connectivity index (χ0) is 15.7. The van der Waals surface area contributed by atoms with E-state index in [4.69, 9.17) is 0 Å². The van der Waals surface area contributed by atoms with Gasteiger partial charge in [0, 0.05) is 11.3 Å². The van der Waals surface area contributed by atoms with Crippen LogP contribution >= 0.6 is 0 Å². The van der Waals surface area contributed by atoms with Crippen LogP contribution in [0.1, 0.15) is 33.5 Å². The van der Waals surface area contributed by atoms with E-state index >= 15 is 0 Å². The summed E-state index contributed by atoms with van der Waals surface area (Å²) in [7, 11) is 0. The van der Waals surface area contributed by atoms with E-state index in [2.05, 4.69) is 5.32 Å². The molecule has 0 aliphatic heterocycles. The molecule has 0 aromatic heterocycles. The molecule has 114 valence electrons. The van der Waals surface area contributed by atoms with Crippen molar-refractivity contribution >= 4 is 11.6 Å². The Balaban J connectivity index is 1.74.